The van der Waals surface area contributed by atoms with Crippen LogP contribution >= 0.6 is 0 Å². The van der Waals surface area contributed by atoms with Crippen LogP contribution in [-0.4, -0.2) is 66.5 Å². The van der Waals surface area contributed by atoms with Crippen LogP contribution < -0.4 is 5.73 Å². The molecular formula is C23H37FN2O3. The molecule has 0 bridgehead atoms. The van der Waals surface area contributed by atoms with Gasteiger partial charge in [0.15, 0.2) is 0 Å². The summed E-state index contributed by atoms with van der Waals surface area (Å²) < 4.78 is 19.4. The minimum Gasteiger partial charge on any atom is -0.391 e. The molecule has 1 aromatic rings. The van der Waals surface area contributed by atoms with Crippen molar-refractivity contribution in [3.63, 3.8) is 0 Å². The van der Waals surface area contributed by atoms with Gasteiger partial charge in [-0.25, -0.2) is 4.39 Å². The summed E-state index contributed by atoms with van der Waals surface area (Å²) in [5, 5.41) is 10.6. The smallest absolute Gasteiger partial charge is 0.137 e. The molecule has 1 aliphatic heterocycles. The van der Waals surface area contributed by atoms with Crippen molar-refractivity contribution in [1.82, 2.24) is 4.90 Å². The molecule has 5 nitrogen and oxygen atoms in total. The minimum absolute atomic E-state index is 0.0895. The number of halogens is 1. The summed E-state index contributed by atoms with van der Waals surface area (Å²) in [6.07, 6.45) is 1.17. The predicted molar refractivity (Wildman–Crippen MR) is 114 cm³/mol. The number of Topliss-reactive ketones (excluding diaryl/α,β-unsaturated/α-hetero) is 1. The van der Waals surface area contributed by atoms with Crippen LogP contribution in [0, 0.1) is 5.92 Å². The van der Waals surface area contributed by atoms with Crippen LogP contribution in [-0.2, 0) is 16.0 Å². The molecule has 29 heavy (non-hydrogen) atoms. The van der Waals surface area contributed by atoms with Gasteiger partial charge in [0.1, 0.15) is 11.5 Å². The second-order valence-electron chi connectivity index (χ2n) is 8.78. The van der Waals surface area contributed by atoms with Crippen molar-refractivity contribution >= 4 is 5.78 Å². The summed E-state index contributed by atoms with van der Waals surface area (Å²) >= 11 is 0. The van der Waals surface area contributed by atoms with E-state index in [1.54, 1.807) is 0 Å². The van der Waals surface area contributed by atoms with E-state index in [-0.39, 0.29) is 18.1 Å². The SMILES string of the molecule is CC(C)(F)CC[C@H](C[C@H](O)[C@@H](N)Cc1ccccc1)C(=O)CCN1CCOCC1. The Morgan fingerprint density at radius 2 is 1.93 bits per heavy atom. The van der Waals surface area contributed by atoms with Crippen LogP contribution in [0.2, 0.25) is 0 Å². The summed E-state index contributed by atoms with van der Waals surface area (Å²) in [7, 11) is 0. The van der Waals surface area contributed by atoms with Crippen molar-refractivity contribution in [2.24, 2.45) is 11.7 Å². The minimum atomic E-state index is -1.33. The largest absolute Gasteiger partial charge is 0.391 e. The van der Waals surface area contributed by atoms with Gasteiger partial charge < -0.3 is 15.6 Å². The number of morpholine rings is 1. The van der Waals surface area contributed by atoms with Gasteiger partial charge in [-0.15, -0.1) is 0 Å². The van der Waals surface area contributed by atoms with E-state index in [0.29, 0.717) is 45.4 Å². The average molecular weight is 409 g/mol. The van der Waals surface area contributed by atoms with E-state index < -0.39 is 17.8 Å². The Morgan fingerprint density at radius 1 is 1.28 bits per heavy atom. The molecule has 0 aromatic heterocycles. The standard InChI is InChI=1S/C23H37FN2O3/c1-23(2,24)10-8-19(21(27)9-11-26-12-14-29-15-13-26)17-22(28)20(25)16-18-6-4-3-5-7-18/h3-7,19-20,22,28H,8-17,25H2,1-2H3/t19-,20+,22+/m1/s1. The Hall–Kier alpha value is -1.34. The molecule has 0 aliphatic carbocycles. The number of carbonyl (C=O) groups is 1. The van der Waals surface area contributed by atoms with Gasteiger partial charge in [-0.05, 0) is 45.1 Å². The molecule has 164 valence electrons. The third-order valence-corrected chi connectivity index (χ3v) is 5.66. The molecule has 0 radical (unpaired) electrons. The molecule has 1 aromatic carbocycles. The van der Waals surface area contributed by atoms with E-state index in [0.717, 1.165) is 18.7 Å². The topological polar surface area (TPSA) is 75.8 Å². The second-order valence-corrected chi connectivity index (χ2v) is 8.78. The first-order chi connectivity index (χ1) is 13.7. The van der Waals surface area contributed by atoms with Gasteiger partial charge in [0.25, 0.3) is 0 Å². The number of nitrogens with two attached hydrogens (primary N) is 1. The van der Waals surface area contributed by atoms with Gasteiger partial charge in [-0.3, -0.25) is 9.69 Å². The van der Waals surface area contributed by atoms with Crippen molar-refractivity contribution in [1.29, 1.82) is 0 Å². The lowest BCUT2D eigenvalue weighted by atomic mass is 9.85. The van der Waals surface area contributed by atoms with Gasteiger partial charge >= 0.3 is 0 Å². The van der Waals surface area contributed by atoms with E-state index in [4.69, 9.17) is 10.5 Å². The zero-order chi connectivity index (χ0) is 21.3. The summed E-state index contributed by atoms with van der Waals surface area (Å²) in [5.41, 5.74) is 5.93. The number of alkyl halides is 1. The Bertz CT molecular complexity index is 600. The highest BCUT2D eigenvalue weighted by molar-refractivity contribution is 5.81. The summed E-state index contributed by atoms with van der Waals surface area (Å²) in [4.78, 5) is 15.1. The maximum absolute atomic E-state index is 14.1. The maximum Gasteiger partial charge on any atom is 0.137 e. The van der Waals surface area contributed by atoms with Crippen LogP contribution in [0.4, 0.5) is 4.39 Å². The number of hydrogen-bond acceptors (Lipinski definition) is 5. The number of aliphatic hydroxyl groups is 1. The highest BCUT2D eigenvalue weighted by atomic mass is 19.1. The normalized spacial score (nSPS) is 18.9. The summed E-state index contributed by atoms with van der Waals surface area (Å²) in [6.45, 7) is 6.80. The zero-order valence-electron chi connectivity index (χ0n) is 17.9. The summed E-state index contributed by atoms with van der Waals surface area (Å²) in [5.74, 6) is -0.283. The third kappa shape index (κ3) is 9.34. The van der Waals surface area contributed by atoms with Crippen LogP contribution in [0.15, 0.2) is 30.3 Å². The first-order valence-corrected chi connectivity index (χ1v) is 10.7. The van der Waals surface area contributed by atoms with E-state index >= 15 is 0 Å². The molecule has 1 saturated heterocycles. The Kier molecular flexibility index (Phi) is 9.69. The molecule has 6 heteroatoms. The fourth-order valence-corrected chi connectivity index (χ4v) is 3.71. The lowest BCUT2D eigenvalue weighted by Gasteiger charge is -2.28. The van der Waals surface area contributed by atoms with Crippen molar-refractivity contribution in [3.05, 3.63) is 35.9 Å². The van der Waals surface area contributed by atoms with E-state index in [2.05, 4.69) is 4.90 Å². The fourth-order valence-electron chi connectivity index (χ4n) is 3.71. The number of hydrogen-bond donors (Lipinski definition) is 2. The highest BCUT2D eigenvalue weighted by Crippen LogP contribution is 2.25. The van der Waals surface area contributed by atoms with Gasteiger partial charge in [0, 0.05) is 38.0 Å². The molecule has 0 unspecified atom stereocenters. The van der Waals surface area contributed by atoms with Crippen LogP contribution in [0.25, 0.3) is 0 Å². The Balaban J connectivity index is 1.91. The molecule has 0 spiro atoms. The average Bonchev–Trinajstić information content (AvgIpc) is 2.70. The molecule has 3 N–H and O–H groups in total. The van der Waals surface area contributed by atoms with Gasteiger partial charge in [-0.1, -0.05) is 30.3 Å². The van der Waals surface area contributed by atoms with Gasteiger partial charge in [0.05, 0.1) is 19.3 Å². The lowest BCUT2D eigenvalue weighted by molar-refractivity contribution is -0.125. The van der Waals surface area contributed by atoms with Gasteiger partial charge in [0.2, 0.25) is 0 Å². The molecule has 0 amide bonds. The molecule has 1 aliphatic rings. The van der Waals surface area contributed by atoms with Crippen LogP contribution in [0.3, 0.4) is 0 Å². The lowest BCUT2D eigenvalue weighted by Crippen LogP contribution is -2.40. The quantitative estimate of drug-likeness (QED) is 0.556. The molecule has 2 rings (SSSR count). The van der Waals surface area contributed by atoms with Crippen LogP contribution in [0.1, 0.15) is 45.1 Å². The first kappa shape index (κ1) is 23.9. The molecular weight excluding hydrogens is 371 g/mol. The monoisotopic (exact) mass is 408 g/mol. The molecule has 3 atom stereocenters. The second kappa shape index (κ2) is 11.7. The van der Waals surface area contributed by atoms with Crippen molar-refractivity contribution in [2.75, 3.05) is 32.8 Å². The Morgan fingerprint density at radius 3 is 2.55 bits per heavy atom. The van der Waals surface area contributed by atoms with Gasteiger partial charge in [-0.2, -0.15) is 0 Å². The number of benzene rings is 1. The van der Waals surface area contributed by atoms with Crippen molar-refractivity contribution in [3.8, 4) is 0 Å². The van der Waals surface area contributed by atoms with E-state index in [9.17, 15) is 14.3 Å². The van der Waals surface area contributed by atoms with E-state index in [1.165, 1.54) is 13.8 Å². The number of carbonyl (C=O) groups excluding carboxylic acids is 1. The zero-order valence-corrected chi connectivity index (χ0v) is 17.9. The number of aliphatic hydroxyl groups excluding tert-OH is 1. The predicted octanol–water partition coefficient (Wildman–Crippen LogP) is 2.74. The number of ketones is 1. The maximum atomic E-state index is 14.1. The molecule has 0 saturated carbocycles. The summed E-state index contributed by atoms with van der Waals surface area (Å²) in [6, 6.07) is 9.32. The van der Waals surface area contributed by atoms with E-state index in [1.807, 2.05) is 30.3 Å². The van der Waals surface area contributed by atoms with Crippen LogP contribution in [0.5, 0.6) is 0 Å². The number of ether oxygens (including phenoxy) is 1. The molecule has 1 fully saturated rings. The third-order valence-electron chi connectivity index (χ3n) is 5.66. The first-order valence-electron chi connectivity index (χ1n) is 10.7. The fraction of sp³-hybridized carbons (Fsp3) is 0.696. The number of rotatable bonds is 12. The molecule has 1 heterocycles. The highest BCUT2D eigenvalue weighted by Gasteiger charge is 2.28. The Labute approximate surface area is 174 Å². The van der Waals surface area contributed by atoms with Crippen molar-refractivity contribution < 1.29 is 19.0 Å². The number of nitrogens with zero attached hydrogens (tertiary/aromatic N) is 1. The van der Waals surface area contributed by atoms with Crippen molar-refractivity contribution in [2.45, 2.75) is 63.8 Å².